The molecule has 0 saturated carbocycles. The average molecular weight is 667 g/mol. The second-order valence-corrected chi connectivity index (χ2v) is 11.4. The summed E-state index contributed by atoms with van der Waals surface area (Å²) >= 11 is 0. The van der Waals surface area contributed by atoms with Crippen molar-refractivity contribution in [3.05, 3.63) is 0 Å². The molecule has 15 atom stereocenters. The van der Waals surface area contributed by atoms with Gasteiger partial charge in [0.15, 0.2) is 18.9 Å². The molecule has 3 saturated heterocycles. The van der Waals surface area contributed by atoms with Crippen molar-refractivity contribution < 1.29 is 91.3 Å². The van der Waals surface area contributed by atoms with Crippen molar-refractivity contribution in [2.24, 2.45) is 0 Å². The van der Waals surface area contributed by atoms with Gasteiger partial charge in [0, 0.05) is 13.8 Å². The highest BCUT2D eigenvalue weighted by Crippen LogP contribution is 2.32. The number of ether oxygens (including phenoxy) is 5. The Bertz CT molecular complexity index is 1080. The Hall–Kier alpha value is -1.71. The van der Waals surface area contributed by atoms with Gasteiger partial charge in [-0.2, -0.15) is 8.42 Å². The molecule has 3 fully saturated rings. The van der Waals surface area contributed by atoms with Gasteiger partial charge in [0.2, 0.25) is 11.8 Å². The van der Waals surface area contributed by atoms with Crippen LogP contribution in [0.1, 0.15) is 13.8 Å². The Kier molecular flexibility index (Phi) is 12.7. The molecule has 1 unspecified atom stereocenters. The van der Waals surface area contributed by atoms with E-state index in [2.05, 4.69) is 14.8 Å². The highest BCUT2D eigenvalue weighted by atomic mass is 32.3. The summed E-state index contributed by atoms with van der Waals surface area (Å²) in [7, 11) is -5.06. The number of hydrogen-bond acceptors (Lipinski definition) is 18. The van der Waals surface area contributed by atoms with Gasteiger partial charge in [0.25, 0.3) is 0 Å². The van der Waals surface area contributed by atoms with E-state index in [-0.39, 0.29) is 0 Å². The summed E-state index contributed by atoms with van der Waals surface area (Å²) in [5.74, 6) is -1.49. The van der Waals surface area contributed by atoms with Crippen molar-refractivity contribution in [2.45, 2.75) is 106 Å². The predicted molar refractivity (Wildman–Crippen MR) is 135 cm³/mol. The van der Waals surface area contributed by atoms with E-state index in [4.69, 9.17) is 28.2 Å². The Morgan fingerprint density at radius 2 is 1.18 bits per heavy atom. The molecule has 3 aliphatic rings. The van der Waals surface area contributed by atoms with Gasteiger partial charge in [-0.15, -0.1) is 0 Å². The third-order valence-corrected chi connectivity index (χ3v) is 7.53. The number of carbonyl (C=O) groups excluding carboxylic acids is 2. The van der Waals surface area contributed by atoms with Crippen LogP contribution in [0, 0.1) is 0 Å². The van der Waals surface area contributed by atoms with Gasteiger partial charge in [-0.25, -0.2) is 4.18 Å². The molecule has 0 radical (unpaired) electrons. The Labute approximate surface area is 250 Å². The molecule has 0 aromatic carbocycles. The topological polar surface area (TPSA) is 330 Å². The lowest BCUT2D eigenvalue weighted by Gasteiger charge is -2.49. The van der Waals surface area contributed by atoms with E-state index in [1.807, 2.05) is 0 Å². The maximum atomic E-state index is 12.1. The SMILES string of the molecule is CC(=O)N[C@H]1[C@H](O[C@H]2[C@H](O)[C@@H](NC(C)=O)C(O)O[C@@H]2COS(=O)(=O)O)O[C@H](CO)[C@@H](O[C@@H]2O[C@H](CO)[C@H](O)[C@H](O)[C@H]2O)[C@@H]1O. The maximum absolute atomic E-state index is 12.1. The van der Waals surface area contributed by atoms with Gasteiger partial charge in [0.05, 0.1) is 19.8 Å². The van der Waals surface area contributed by atoms with Crippen LogP contribution in [0.4, 0.5) is 0 Å². The monoisotopic (exact) mass is 666 g/mol. The molecule has 11 N–H and O–H groups in total. The quantitative estimate of drug-likeness (QED) is 0.0912. The van der Waals surface area contributed by atoms with Crippen LogP contribution in [0.15, 0.2) is 0 Å². The van der Waals surface area contributed by atoms with Crippen LogP contribution < -0.4 is 10.6 Å². The van der Waals surface area contributed by atoms with Gasteiger partial charge in [-0.1, -0.05) is 0 Å². The molecule has 3 heterocycles. The van der Waals surface area contributed by atoms with Crippen LogP contribution >= 0.6 is 0 Å². The van der Waals surface area contributed by atoms with Crippen LogP contribution in [0.25, 0.3) is 0 Å². The first-order valence-electron chi connectivity index (χ1n) is 13.2. The molecule has 0 aliphatic carbocycles. The molecule has 2 amide bonds. The third kappa shape index (κ3) is 8.75. The van der Waals surface area contributed by atoms with E-state index in [0.717, 1.165) is 13.8 Å². The third-order valence-electron chi connectivity index (χ3n) is 7.10. The van der Waals surface area contributed by atoms with Gasteiger partial charge < -0.3 is 75.2 Å². The molecule has 0 bridgehead atoms. The lowest BCUT2D eigenvalue weighted by Crippen LogP contribution is -2.70. The number of aliphatic hydroxyl groups is 8. The number of carbonyl (C=O) groups is 2. The molecule has 0 aromatic rings. The number of hydrogen-bond donors (Lipinski definition) is 11. The molecule has 21 nitrogen and oxygen atoms in total. The van der Waals surface area contributed by atoms with Crippen LogP contribution in [-0.2, 0) is 47.9 Å². The number of rotatable bonds is 11. The second kappa shape index (κ2) is 15.3. The van der Waals surface area contributed by atoms with E-state index in [0.29, 0.717) is 0 Å². The smallest absolute Gasteiger partial charge is 0.394 e. The predicted octanol–water partition coefficient (Wildman–Crippen LogP) is -7.46. The van der Waals surface area contributed by atoms with Crippen molar-refractivity contribution in [1.82, 2.24) is 10.6 Å². The lowest BCUT2D eigenvalue weighted by molar-refractivity contribution is -0.360. The molecular weight excluding hydrogens is 628 g/mol. The molecular formula is C22H38N2O19S. The maximum Gasteiger partial charge on any atom is 0.397 e. The van der Waals surface area contributed by atoms with Gasteiger partial charge in [-0.05, 0) is 0 Å². The normalized spacial score (nSPS) is 43.3. The zero-order valence-electron chi connectivity index (χ0n) is 23.3. The van der Waals surface area contributed by atoms with E-state index in [1.54, 1.807) is 0 Å². The fraction of sp³-hybridized carbons (Fsp3) is 0.909. The van der Waals surface area contributed by atoms with Crippen molar-refractivity contribution in [3.8, 4) is 0 Å². The minimum absolute atomic E-state index is 0.725. The highest BCUT2D eigenvalue weighted by molar-refractivity contribution is 7.80. The molecule has 0 spiro atoms. The first-order valence-corrected chi connectivity index (χ1v) is 14.6. The van der Waals surface area contributed by atoms with Gasteiger partial charge >= 0.3 is 10.4 Å². The second-order valence-electron chi connectivity index (χ2n) is 10.3. The molecule has 3 aliphatic heterocycles. The van der Waals surface area contributed by atoms with E-state index >= 15 is 0 Å². The minimum Gasteiger partial charge on any atom is -0.394 e. The summed E-state index contributed by atoms with van der Waals surface area (Å²) in [6.45, 7) is -0.669. The summed E-state index contributed by atoms with van der Waals surface area (Å²) in [6, 6.07) is -3.19. The van der Waals surface area contributed by atoms with Crippen molar-refractivity contribution in [3.63, 3.8) is 0 Å². The summed E-state index contributed by atoms with van der Waals surface area (Å²) in [4.78, 5) is 23.7. The van der Waals surface area contributed by atoms with Crippen LogP contribution in [0.2, 0.25) is 0 Å². The zero-order valence-corrected chi connectivity index (χ0v) is 24.1. The van der Waals surface area contributed by atoms with Crippen LogP contribution in [0.3, 0.4) is 0 Å². The van der Waals surface area contributed by atoms with E-state index < -0.39 is 134 Å². The molecule has 44 heavy (non-hydrogen) atoms. The van der Waals surface area contributed by atoms with Crippen LogP contribution in [0.5, 0.6) is 0 Å². The van der Waals surface area contributed by atoms with Gasteiger partial charge in [-0.3, -0.25) is 14.1 Å². The van der Waals surface area contributed by atoms with Gasteiger partial charge in [0.1, 0.15) is 73.1 Å². The highest BCUT2D eigenvalue weighted by Gasteiger charge is 2.54. The zero-order chi connectivity index (χ0) is 33.1. The van der Waals surface area contributed by atoms with Crippen molar-refractivity contribution in [2.75, 3.05) is 19.8 Å². The molecule has 22 heteroatoms. The van der Waals surface area contributed by atoms with E-state index in [9.17, 15) is 58.9 Å². The number of aliphatic hydroxyl groups excluding tert-OH is 8. The Balaban J connectivity index is 1.90. The summed E-state index contributed by atoms with van der Waals surface area (Å²) in [5.41, 5.74) is 0. The molecule has 3 rings (SSSR count). The van der Waals surface area contributed by atoms with Crippen molar-refractivity contribution in [1.29, 1.82) is 0 Å². The first kappa shape index (κ1) is 36.8. The largest absolute Gasteiger partial charge is 0.397 e. The molecule has 0 aromatic heterocycles. The Morgan fingerprint density at radius 1 is 0.682 bits per heavy atom. The number of amides is 2. The fourth-order valence-electron chi connectivity index (χ4n) is 5.01. The first-order chi connectivity index (χ1) is 20.5. The summed E-state index contributed by atoms with van der Waals surface area (Å²) in [6.07, 6.45) is -22.9. The lowest BCUT2D eigenvalue weighted by atomic mass is 9.94. The van der Waals surface area contributed by atoms with E-state index in [1.165, 1.54) is 0 Å². The number of nitrogens with one attached hydrogen (secondary N) is 2. The summed E-state index contributed by atoms with van der Waals surface area (Å²) < 4.78 is 63.3. The summed E-state index contributed by atoms with van der Waals surface area (Å²) in [5, 5.41) is 87.1. The van der Waals surface area contributed by atoms with Crippen molar-refractivity contribution >= 4 is 22.2 Å². The van der Waals surface area contributed by atoms with Crippen LogP contribution in [-0.4, -0.2) is 177 Å². The Morgan fingerprint density at radius 3 is 1.73 bits per heavy atom. The fourth-order valence-corrected chi connectivity index (χ4v) is 5.32. The minimum atomic E-state index is -5.06. The average Bonchev–Trinajstić information content (AvgIpc) is 2.93. The standard InChI is InChI=1S/C22H38N2O19S/c1-6(27)23-11-14(30)19(10(39-20(11)34)5-38-44(35,36)37)42-21-12(24-7(2)28)15(31)18(9(4-26)41-21)43-22-17(33)16(32)13(29)8(3-25)40-22/h8-22,25-26,29-34H,3-5H2,1-2H3,(H,23,27)(H,24,28)(H,35,36,37)/t8-,9-,10-,11-,12-,13+,14-,15-,16+,17-,18-,19-,20?,21+,22+/m1/s1. The molecule has 256 valence electrons.